The van der Waals surface area contributed by atoms with Crippen molar-refractivity contribution in [1.29, 1.82) is 0 Å². The molecule has 56 heavy (non-hydrogen) atoms. The number of aryl methyl sites for hydroxylation is 1. The van der Waals surface area contributed by atoms with E-state index in [-0.39, 0.29) is 36.3 Å². The summed E-state index contributed by atoms with van der Waals surface area (Å²) in [5.74, 6) is -3.92. The molecular weight excluding hydrogens is 757 g/mol. The van der Waals surface area contributed by atoms with Gasteiger partial charge in [0, 0.05) is 35.3 Å². The summed E-state index contributed by atoms with van der Waals surface area (Å²) in [4.78, 5) is 62.1. The van der Waals surface area contributed by atoms with Gasteiger partial charge in [-0.1, -0.05) is 48.0 Å². The highest BCUT2D eigenvalue weighted by molar-refractivity contribution is 6.35. The summed E-state index contributed by atoms with van der Waals surface area (Å²) in [5.41, 5.74) is 3.13. The Morgan fingerprint density at radius 1 is 0.911 bits per heavy atom. The summed E-state index contributed by atoms with van der Waals surface area (Å²) < 4.78 is 43.7. The van der Waals surface area contributed by atoms with Gasteiger partial charge in [0.1, 0.15) is 6.04 Å². The number of anilines is 3. The summed E-state index contributed by atoms with van der Waals surface area (Å²) in [6.07, 6.45) is -0.607. The first-order chi connectivity index (χ1) is 26.8. The van der Waals surface area contributed by atoms with Gasteiger partial charge in [0.15, 0.2) is 6.61 Å². The summed E-state index contributed by atoms with van der Waals surface area (Å²) in [7, 11) is 0. The highest BCUT2D eigenvalue weighted by atomic mass is 35.5. The number of hydrogen-bond acceptors (Lipinski definition) is 10. The molecule has 2 aliphatic rings. The lowest BCUT2D eigenvalue weighted by Gasteiger charge is -2.25. The van der Waals surface area contributed by atoms with Crippen LogP contribution in [-0.2, 0) is 26.3 Å². The molecule has 2 aliphatic carbocycles. The van der Waals surface area contributed by atoms with E-state index < -0.39 is 54.1 Å². The lowest BCUT2D eigenvalue weighted by Crippen LogP contribution is -2.45. The molecule has 3 amide bonds. The Balaban J connectivity index is 1.02. The third-order valence-corrected chi connectivity index (χ3v) is 9.66. The van der Waals surface area contributed by atoms with Crippen LogP contribution < -0.4 is 31.3 Å². The minimum absolute atomic E-state index is 0.0368. The fraction of sp³-hybridized carbons (Fsp3) is 0.342. The average molecular weight is 795 g/mol. The number of aliphatic carboxylic acids is 1. The number of fused-ring (bicyclic) bond motifs is 1. The number of carbonyl (C=O) groups excluding carboxylic acids is 3. The lowest BCUT2D eigenvalue weighted by atomic mass is 9.83. The van der Waals surface area contributed by atoms with Gasteiger partial charge in [-0.15, -0.1) is 0 Å². The molecule has 1 aromatic heterocycles. The zero-order chi connectivity index (χ0) is 39.9. The van der Waals surface area contributed by atoms with Gasteiger partial charge in [-0.25, -0.2) is 4.79 Å². The number of amides is 3. The summed E-state index contributed by atoms with van der Waals surface area (Å²) in [6.45, 7) is -1.53. The van der Waals surface area contributed by atoms with Crippen molar-refractivity contribution >= 4 is 52.9 Å². The Morgan fingerprint density at radius 2 is 1.61 bits per heavy atom. The van der Waals surface area contributed by atoms with Crippen molar-refractivity contribution in [2.75, 3.05) is 30.3 Å². The van der Waals surface area contributed by atoms with Gasteiger partial charge in [0.05, 0.1) is 5.54 Å². The van der Waals surface area contributed by atoms with Gasteiger partial charge < -0.3 is 36.4 Å². The molecule has 0 saturated heterocycles. The number of rotatable bonds is 15. The van der Waals surface area contributed by atoms with Crippen molar-refractivity contribution in [3.63, 3.8) is 0 Å². The molecule has 1 heterocycles. The van der Waals surface area contributed by atoms with E-state index >= 15 is 0 Å². The van der Waals surface area contributed by atoms with Crippen LogP contribution in [0.3, 0.4) is 0 Å². The van der Waals surface area contributed by atoms with Gasteiger partial charge in [-0.3, -0.25) is 14.4 Å². The van der Waals surface area contributed by atoms with Gasteiger partial charge >= 0.3 is 30.0 Å². The molecule has 0 spiro atoms. The number of halogens is 4. The van der Waals surface area contributed by atoms with Crippen LogP contribution in [0.25, 0.3) is 0 Å². The molecule has 294 valence electrons. The van der Waals surface area contributed by atoms with E-state index in [1.54, 1.807) is 12.1 Å². The summed E-state index contributed by atoms with van der Waals surface area (Å²) in [6, 6.07) is 18.8. The molecule has 1 fully saturated rings. The van der Waals surface area contributed by atoms with Crippen LogP contribution in [0.15, 0.2) is 72.8 Å². The van der Waals surface area contributed by atoms with Crippen LogP contribution in [0.5, 0.6) is 6.01 Å². The van der Waals surface area contributed by atoms with Crippen molar-refractivity contribution in [2.24, 2.45) is 0 Å². The molecule has 1 unspecified atom stereocenters. The maximum absolute atomic E-state index is 13.0. The number of carboxylic acids is 1. The van der Waals surface area contributed by atoms with Crippen molar-refractivity contribution in [2.45, 2.75) is 62.2 Å². The van der Waals surface area contributed by atoms with Crippen LogP contribution >= 0.6 is 11.6 Å². The topological polar surface area (TPSA) is 197 Å². The second-order valence-corrected chi connectivity index (χ2v) is 13.9. The van der Waals surface area contributed by atoms with Crippen molar-refractivity contribution in [1.82, 2.24) is 30.9 Å². The smallest absolute Gasteiger partial charge is 0.422 e. The number of ether oxygens (including phenoxy) is 1. The van der Waals surface area contributed by atoms with E-state index in [9.17, 15) is 37.5 Å². The molecule has 4 aromatic rings. The quantitative estimate of drug-likeness (QED) is 0.0862. The Morgan fingerprint density at radius 3 is 2.30 bits per heavy atom. The van der Waals surface area contributed by atoms with Crippen molar-refractivity contribution in [3.8, 4) is 6.01 Å². The molecule has 18 heteroatoms. The predicted molar refractivity (Wildman–Crippen MR) is 199 cm³/mol. The molecule has 3 aromatic carbocycles. The Kier molecular flexibility index (Phi) is 12.2. The van der Waals surface area contributed by atoms with E-state index in [0.717, 1.165) is 30.4 Å². The third kappa shape index (κ3) is 10.6. The largest absolute Gasteiger partial charge is 0.480 e. The molecule has 0 bridgehead atoms. The number of nitrogens with zero attached hydrogens (tertiary/aromatic N) is 3. The Bertz CT molecular complexity index is 2070. The molecule has 6 N–H and O–H groups in total. The van der Waals surface area contributed by atoms with Crippen molar-refractivity contribution in [3.05, 3.63) is 100 Å². The minimum Gasteiger partial charge on any atom is -0.480 e. The highest BCUT2D eigenvalue weighted by Crippen LogP contribution is 2.48. The van der Waals surface area contributed by atoms with Crippen LogP contribution in [0, 0.1) is 0 Å². The number of aromatic nitrogens is 3. The van der Waals surface area contributed by atoms with Gasteiger partial charge in [0.2, 0.25) is 11.9 Å². The molecule has 14 nitrogen and oxygen atoms in total. The fourth-order valence-electron chi connectivity index (χ4n) is 6.38. The van der Waals surface area contributed by atoms with Crippen LogP contribution in [0.2, 0.25) is 5.02 Å². The molecular formula is C38H38ClF3N8O6. The van der Waals surface area contributed by atoms with Crippen LogP contribution in [0.1, 0.15) is 65.1 Å². The fourth-order valence-corrected chi connectivity index (χ4v) is 6.51. The standard InChI is InChI=1S/C38H38ClF3N8O6/c39-26-12-10-25(11-13-26)37(17-18-37)50-35-47-34(48-36(49-35)56-21-38(40,41)42)45-27-14-8-23(9-15-27)30(51)46-29(33(54)55)16-19-43-31(52)32(53)44-20-24-6-3-5-22-4-1-2-7-28(22)24/h1-2,4,7-15,24,29H,3,5-6,16-21H2,(H,43,52)(H,44,53)(H,46,51)(H,54,55)(H2,45,47,48,49,50)/t24?,29-/m0/s1. The first kappa shape index (κ1) is 39.7. The van der Waals surface area contributed by atoms with Gasteiger partial charge in [0.25, 0.3) is 5.91 Å². The zero-order valence-corrected chi connectivity index (χ0v) is 30.5. The number of nitrogens with one attached hydrogen (secondary N) is 5. The SMILES string of the molecule is O=C(NCC[C@H](NC(=O)c1ccc(Nc2nc(NC3(c4ccc(Cl)cc4)CC3)nc(OCC(F)(F)F)n2)cc1)C(=O)O)C(=O)NCC1CCCc2ccccc21. The minimum atomic E-state index is -4.64. The number of carboxylic acid groups (broad SMARTS) is 1. The predicted octanol–water partition coefficient (Wildman–Crippen LogP) is 5.24. The number of benzene rings is 3. The Hall–Kier alpha value is -5.97. The van der Waals surface area contributed by atoms with E-state index in [4.69, 9.17) is 16.3 Å². The van der Waals surface area contributed by atoms with E-state index in [1.165, 1.54) is 29.8 Å². The zero-order valence-electron chi connectivity index (χ0n) is 29.8. The maximum Gasteiger partial charge on any atom is 0.422 e. The highest BCUT2D eigenvalue weighted by Gasteiger charge is 2.45. The van der Waals surface area contributed by atoms with Crippen LogP contribution in [-0.4, -0.2) is 75.7 Å². The van der Waals surface area contributed by atoms with Gasteiger partial charge in [-0.2, -0.15) is 28.1 Å². The maximum atomic E-state index is 13.0. The first-order valence-corrected chi connectivity index (χ1v) is 18.2. The molecule has 6 rings (SSSR count). The van der Waals surface area contributed by atoms with Gasteiger partial charge in [-0.05, 0) is 91.6 Å². The third-order valence-electron chi connectivity index (χ3n) is 9.41. The first-order valence-electron chi connectivity index (χ1n) is 17.8. The summed E-state index contributed by atoms with van der Waals surface area (Å²) >= 11 is 6.03. The van der Waals surface area contributed by atoms with Crippen LogP contribution in [0.4, 0.5) is 30.8 Å². The van der Waals surface area contributed by atoms with E-state index in [0.29, 0.717) is 30.1 Å². The second-order valence-electron chi connectivity index (χ2n) is 13.5. The summed E-state index contributed by atoms with van der Waals surface area (Å²) in [5, 5.41) is 23.8. The normalized spacial score (nSPS) is 16.0. The average Bonchev–Trinajstić information content (AvgIpc) is 3.95. The number of carbonyl (C=O) groups is 4. The lowest BCUT2D eigenvalue weighted by molar-refractivity contribution is -0.154. The number of hydrogen-bond donors (Lipinski definition) is 6. The number of alkyl halides is 3. The molecule has 0 radical (unpaired) electrons. The molecule has 2 atom stereocenters. The molecule has 1 saturated carbocycles. The Labute approximate surface area is 324 Å². The van der Waals surface area contributed by atoms with Crippen molar-refractivity contribution < 1.29 is 42.2 Å². The van der Waals surface area contributed by atoms with E-state index in [2.05, 4.69) is 47.6 Å². The monoisotopic (exact) mass is 794 g/mol. The molecule has 0 aliphatic heterocycles. The van der Waals surface area contributed by atoms with E-state index in [1.807, 2.05) is 30.3 Å². The second kappa shape index (κ2) is 17.2.